The molecule has 0 spiro atoms. The van der Waals surface area contributed by atoms with Gasteiger partial charge in [0, 0.05) is 29.6 Å². The number of rotatable bonds is 5. The van der Waals surface area contributed by atoms with E-state index in [1.165, 1.54) is 0 Å². The van der Waals surface area contributed by atoms with Crippen LogP contribution in [0.3, 0.4) is 0 Å². The molecule has 0 atom stereocenters. The van der Waals surface area contributed by atoms with Crippen molar-refractivity contribution < 1.29 is 0 Å². The van der Waals surface area contributed by atoms with Crippen molar-refractivity contribution in [2.45, 2.75) is 9.79 Å². The Morgan fingerprint density at radius 3 is 2.57 bits per heavy atom. The Kier molecular flexibility index (Phi) is 4.73. The van der Waals surface area contributed by atoms with Crippen molar-refractivity contribution >= 4 is 40.9 Å². The van der Waals surface area contributed by atoms with Crippen molar-refractivity contribution in [3.8, 4) is 0 Å². The van der Waals surface area contributed by atoms with Crippen LogP contribution >= 0.6 is 23.4 Å². The summed E-state index contributed by atoms with van der Waals surface area (Å²) in [6.45, 7) is 0. The first-order valence-corrected chi connectivity index (χ1v) is 8.20. The van der Waals surface area contributed by atoms with Gasteiger partial charge in [0.1, 0.15) is 0 Å². The summed E-state index contributed by atoms with van der Waals surface area (Å²) in [7, 11) is 3.78. The van der Waals surface area contributed by atoms with Crippen LogP contribution in [0.1, 0.15) is 0 Å². The SMILES string of the molecule is CN(C)c1n[nH]c(Nc2ccc(Sc3ccccc3)c(Cl)c2)n1. The van der Waals surface area contributed by atoms with Crippen molar-refractivity contribution in [2.24, 2.45) is 0 Å². The molecule has 3 aromatic rings. The zero-order chi connectivity index (χ0) is 16.2. The van der Waals surface area contributed by atoms with Gasteiger partial charge in [-0.1, -0.05) is 41.6 Å². The molecule has 23 heavy (non-hydrogen) atoms. The van der Waals surface area contributed by atoms with E-state index in [0.29, 0.717) is 16.9 Å². The van der Waals surface area contributed by atoms with Crippen LogP contribution in [0.4, 0.5) is 17.6 Å². The number of hydrogen-bond donors (Lipinski definition) is 2. The van der Waals surface area contributed by atoms with E-state index >= 15 is 0 Å². The molecule has 0 aliphatic rings. The second kappa shape index (κ2) is 6.93. The fourth-order valence-electron chi connectivity index (χ4n) is 1.92. The van der Waals surface area contributed by atoms with Crippen molar-refractivity contribution in [2.75, 3.05) is 24.3 Å². The van der Waals surface area contributed by atoms with Gasteiger partial charge in [0.2, 0.25) is 11.9 Å². The van der Waals surface area contributed by atoms with Crippen molar-refractivity contribution in [1.29, 1.82) is 0 Å². The van der Waals surface area contributed by atoms with Crippen LogP contribution in [-0.2, 0) is 0 Å². The summed E-state index contributed by atoms with van der Waals surface area (Å²) >= 11 is 8.02. The lowest BCUT2D eigenvalue weighted by Crippen LogP contribution is -2.10. The summed E-state index contributed by atoms with van der Waals surface area (Å²) in [5, 5.41) is 10.8. The summed E-state index contributed by atoms with van der Waals surface area (Å²) in [6, 6.07) is 16.0. The van der Waals surface area contributed by atoms with E-state index in [0.717, 1.165) is 15.5 Å². The largest absolute Gasteiger partial charge is 0.346 e. The van der Waals surface area contributed by atoms with Crippen LogP contribution in [0, 0.1) is 0 Å². The zero-order valence-corrected chi connectivity index (χ0v) is 14.3. The predicted molar refractivity (Wildman–Crippen MR) is 96.0 cm³/mol. The summed E-state index contributed by atoms with van der Waals surface area (Å²) in [5.74, 6) is 1.20. The number of benzene rings is 2. The van der Waals surface area contributed by atoms with Crippen LogP contribution < -0.4 is 10.2 Å². The second-order valence-corrected chi connectivity index (χ2v) is 6.59. The summed E-state index contributed by atoms with van der Waals surface area (Å²) in [6.07, 6.45) is 0. The maximum Gasteiger partial charge on any atom is 0.245 e. The number of nitrogens with one attached hydrogen (secondary N) is 2. The van der Waals surface area contributed by atoms with Gasteiger partial charge >= 0.3 is 0 Å². The maximum absolute atomic E-state index is 6.39. The molecule has 2 aromatic carbocycles. The monoisotopic (exact) mass is 345 g/mol. The zero-order valence-electron chi connectivity index (χ0n) is 12.7. The predicted octanol–water partition coefficient (Wildman–Crippen LogP) is 4.42. The minimum absolute atomic E-state index is 0.577. The van der Waals surface area contributed by atoms with Gasteiger partial charge in [0.25, 0.3) is 0 Å². The van der Waals surface area contributed by atoms with E-state index in [1.807, 2.05) is 55.4 Å². The van der Waals surface area contributed by atoms with E-state index < -0.39 is 0 Å². The highest BCUT2D eigenvalue weighted by Crippen LogP contribution is 2.35. The molecule has 2 N–H and O–H groups in total. The smallest absolute Gasteiger partial charge is 0.245 e. The average molecular weight is 346 g/mol. The second-order valence-electron chi connectivity index (χ2n) is 5.06. The molecule has 1 heterocycles. The highest BCUT2D eigenvalue weighted by atomic mass is 35.5. The third-order valence-corrected chi connectivity index (χ3v) is 4.55. The van der Waals surface area contributed by atoms with Gasteiger partial charge in [-0.25, -0.2) is 5.10 Å². The van der Waals surface area contributed by atoms with E-state index in [9.17, 15) is 0 Å². The summed E-state index contributed by atoms with van der Waals surface area (Å²) in [5.41, 5.74) is 0.855. The van der Waals surface area contributed by atoms with Gasteiger partial charge in [-0.05, 0) is 30.3 Å². The quantitative estimate of drug-likeness (QED) is 0.717. The first-order valence-electron chi connectivity index (χ1n) is 7.01. The average Bonchev–Trinajstić information content (AvgIpc) is 3.00. The highest BCUT2D eigenvalue weighted by molar-refractivity contribution is 7.99. The summed E-state index contributed by atoms with van der Waals surface area (Å²) in [4.78, 5) is 8.32. The number of anilines is 3. The maximum atomic E-state index is 6.39. The minimum atomic E-state index is 0.577. The molecule has 0 aliphatic heterocycles. The molecule has 0 saturated carbocycles. The van der Waals surface area contributed by atoms with Crippen LogP contribution in [-0.4, -0.2) is 29.3 Å². The molecule has 0 fully saturated rings. The van der Waals surface area contributed by atoms with Gasteiger partial charge in [-0.2, -0.15) is 4.98 Å². The van der Waals surface area contributed by atoms with E-state index in [2.05, 4.69) is 32.6 Å². The topological polar surface area (TPSA) is 56.8 Å². The number of hydrogen-bond acceptors (Lipinski definition) is 5. The molecule has 0 unspecified atom stereocenters. The third-order valence-electron chi connectivity index (χ3n) is 3.04. The Morgan fingerprint density at radius 1 is 1.13 bits per heavy atom. The number of aromatic amines is 1. The van der Waals surface area contributed by atoms with E-state index in [4.69, 9.17) is 11.6 Å². The Morgan fingerprint density at radius 2 is 1.91 bits per heavy atom. The minimum Gasteiger partial charge on any atom is -0.346 e. The standard InChI is InChI=1S/C16H16ClN5S/c1-22(2)16-19-15(20-21-16)18-11-8-9-14(13(17)10-11)23-12-6-4-3-5-7-12/h3-10H,1-2H3,(H2,18,19,20,21). The highest BCUT2D eigenvalue weighted by Gasteiger charge is 2.07. The number of nitrogens with zero attached hydrogens (tertiary/aromatic N) is 3. The molecule has 0 saturated heterocycles. The lowest BCUT2D eigenvalue weighted by atomic mass is 10.3. The van der Waals surface area contributed by atoms with Crippen molar-refractivity contribution in [3.63, 3.8) is 0 Å². The normalized spacial score (nSPS) is 10.6. The fraction of sp³-hybridized carbons (Fsp3) is 0.125. The lowest BCUT2D eigenvalue weighted by molar-refractivity contribution is 0.999. The molecule has 0 aliphatic carbocycles. The molecule has 7 heteroatoms. The van der Waals surface area contributed by atoms with E-state index in [1.54, 1.807) is 11.8 Å². The van der Waals surface area contributed by atoms with Gasteiger partial charge in [0.05, 0.1) is 5.02 Å². The van der Waals surface area contributed by atoms with Gasteiger partial charge in [0.15, 0.2) is 0 Å². The van der Waals surface area contributed by atoms with Gasteiger partial charge < -0.3 is 10.2 Å². The van der Waals surface area contributed by atoms with E-state index in [-0.39, 0.29) is 0 Å². The number of H-pyrrole nitrogens is 1. The Balaban J connectivity index is 1.73. The summed E-state index contributed by atoms with van der Waals surface area (Å²) < 4.78 is 0. The molecule has 0 bridgehead atoms. The van der Waals surface area contributed by atoms with Crippen LogP contribution in [0.5, 0.6) is 0 Å². The Labute approximate surface area is 144 Å². The van der Waals surface area contributed by atoms with Gasteiger partial charge in [-0.3, -0.25) is 0 Å². The number of aromatic nitrogens is 3. The Hall–Kier alpha value is -2.18. The molecular weight excluding hydrogens is 330 g/mol. The third kappa shape index (κ3) is 3.97. The lowest BCUT2D eigenvalue weighted by Gasteiger charge is -2.08. The number of halogens is 1. The van der Waals surface area contributed by atoms with Crippen molar-refractivity contribution in [1.82, 2.24) is 15.2 Å². The molecule has 118 valence electrons. The Bertz CT molecular complexity index is 788. The molecule has 0 amide bonds. The molecule has 1 aromatic heterocycles. The first-order chi connectivity index (χ1) is 11.1. The molecule has 3 rings (SSSR count). The van der Waals surface area contributed by atoms with Crippen LogP contribution in [0.25, 0.3) is 0 Å². The fourth-order valence-corrected chi connectivity index (χ4v) is 3.06. The van der Waals surface area contributed by atoms with Gasteiger partial charge in [-0.15, -0.1) is 5.10 Å². The molecule has 5 nitrogen and oxygen atoms in total. The van der Waals surface area contributed by atoms with Crippen LogP contribution in [0.2, 0.25) is 5.02 Å². The first kappa shape index (κ1) is 15.7. The molecule has 0 radical (unpaired) electrons. The van der Waals surface area contributed by atoms with Crippen LogP contribution in [0.15, 0.2) is 58.3 Å². The molecular formula is C16H16ClN5S. The van der Waals surface area contributed by atoms with Crippen molar-refractivity contribution in [3.05, 3.63) is 53.6 Å².